The summed E-state index contributed by atoms with van der Waals surface area (Å²) in [5.41, 5.74) is 3.56. The molecular weight excluding hydrogens is 400 g/mol. The standard InChI is InChI=1S/C23H28N2O4S/c1-16-9-11-20-17(14-16)6-5-13-25(20)23(26)18-10-12-21(29-2)22(15-18)30(27,28)24-19-7-3-4-8-19/h9-12,14-15,19,24H,3-8,13H2,1-2H3. The maximum Gasteiger partial charge on any atom is 0.258 e. The lowest BCUT2D eigenvalue weighted by Gasteiger charge is -2.30. The first-order chi connectivity index (χ1) is 14.4. The Morgan fingerprint density at radius 2 is 1.87 bits per heavy atom. The molecule has 160 valence electrons. The highest BCUT2D eigenvalue weighted by atomic mass is 32.2. The number of anilines is 1. The summed E-state index contributed by atoms with van der Waals surface area (Å²) in [4.78, 5) is 15.1. The van der Waals surface area contributed by atoms with Crippen molar-refractivity contribution in [1.82, 2.24) is 4.72 Å². The van der Waals surface area contributed by atoms with E-state index in [2.05, 4.69) is 10.8 Å². The summed E-state index contributed by atoms with van der Waals surface area (Å²) >= 11 is 0. The number of nitrogens with zero attached hydrogens (tertiary/aromatic N) is 1. The number of carbonyl (C=O) groups is 1. The summed E-state index contributed by atoms with van der Waals surface area (Å²) in [7, 11) is -2.35. The summed E-state index contributed by atoms with van der Waals surface area (Å²) in [5, 5.41) is 0. The summed E-state index contributed by atoms with van der Waals surface area (Å²) in [6.07, 6.45) is 5.54. The number of amides is 1. The molecule has 6 nitrogen and oxygen atoms in total. The number of sulfonamides is 1. The van der Waals surface area contributed by atoms with Gasteiger partial charge in [-0.3, -0.25) is 4.79 Å². The first kappa shape index (κ1) is 20.9. The first-order valence-electron chi connectivity index (χ1n) is 10.5. The predicted molar refractivity (Wildman–Crippen MR) is 117 cm³/mol. The molecular formula is C23H28N2O4S. The highest BCUT2D eigenvalue weighted by Crippen LogP contribution is 2.31. The minimum atomic E-state index is -3.79. The molecule has 1 amide bonds. The van der Waals surface area contributed by atoms with Crippen LogP contribution in [0.25, 0.3) is 0 Å². The Morgan fingerprint density at radius 1 is 1.10 bits per heavy atom. The largest absolute Gasteiger partial charge is 0.495 e. The monoisotopic (exact) mass is 428 g/mol. The van der Waals surface area contributed by atoms with Crippen LogP contribution in [0.5, 0.6) is 5.75 Å². The zero-order valence-electron chi connectivity index (χ0n) is 17.5. The normalized spacial score (nSPS) is 17.1. The van der Waals surface area contributed by atoms with E-state index in [-0.39, 0.29) is 22.6 Å². The summed E-state index contributed by atoms with van der Waals surface area (Å²) in [6.45, 7) is 2.66. The summed E-state index contributed by atoms with van der Waals surface area (Å²) < 4.78 is 34.2. The van der Waals surface area contributed by atoms with E-state index in [1.54, 1.807) is 17.0 Å². The van der Waals surface area contributed by atoms with Crippen LogP contribution in [-0.2, 0) is 16.4 Å². The quantitative estimate of drug-likeness (QED) is 0.786. The summed E-state index contributed by atoms with van der Waals surface area (Å²) in [6, 6.07) is 10.7. The van der Waals surface area contributed by atoms with Crippen LogP contribution < -0.4 is 14.4 Å². The number of aryl methyl sites for hydroxylation is 2. The van der Waals surface area contributed by atoms with Gasteiger partial charge in [0.2, 0.25) is 10.0 Å². The fourth-order valence-electron chi connectivity index (χ4n) is 4.44. The molecule has 0 spiro atoms. The van der Waals surface area contributed by atoms with Crippen LogP contribution in [-0.4, -0.2) is 34.0 Å². The highest BCUT2D eigenvalue weighted by Gasteiger charge is 2.29. The Kier molecular flexibility index (Phi) is 5.84. The van der Waals surface area contributed by atoms with Crippen molar-refractivity contribution in [3.63, 3.8) is 0 Å². The lowest BCUT2D eigenvalue weighted by molar-refractivity contribution is 0.0985. The number of rotatable bonds is 5. The molecule has 0 bridgehead atoms. The van der Waals surface area contributed by atoms with E-state index >= 15 is 0 Å². The van der Waals surface area contributed by atoms with Gasteiger partial charge in [-0.2, -0.15) is 0 Å². The van der Waals surface area contributed by atoms with Gasteiger partial charge in [0.05, 0.1) is 7.11 Å². The van der Waals surface area contributed by atoms with Gasteiger partial charge in [-0.1, -0.05) is 30.5 Å². The molecule has 2 aromatic carbocycles. The molecule has 0 radical (unpaired) electrons. The first-order valence-corrected chi connectivity index (χ1v) is 12.0. The van der Waals surface area contributed by atoms with Gasteiger partial charge in [0.15, 0.2) is 0 Å². The van der Waals surface area contributed by atoms with Crippen molar-refractivity contribution in [3.8, 4) is 5.75 Å². The van der Waals surface area contributed by atoms with E-state index in [9.17, 15) is 13.2 Å². The predicted octanol–water partition coefficient (Wildman–Crippen LogP) is 3.82. The van der Waals surface area contributed by atoms with Crippen molar-refractivity contribution in [1.29, 1.82) is 0 Å². The van der Waals surface area contributed by atoms with Gasteiger partial charge in [0.25, 0.3) is 5.91 Å². The number of ether oxygens (including phenoxy) is 1. The second-order valence-electron chi connectivity index (χ2n) is 8.16. The highest BCUT2D eigenvalue weighted by molar-refractivity contribution is 7.89. The number of fused-ring (bicyclic) bond motifs is 1. The molecule has 0 aromatic heterocycles. The van der Waals surface area contributed by atoms with Gasteiger partial charge in [-0.15, -0.1) is 0 Å². The zero-order chi connectivity index (χ0) is 21.3. The van der Waals surface area contributed by atoms with Crippen LogP contribution >= 0.6 is 0 Å². The van der Waals surface area contributed by atoms with E-state index < -0.39 is 10.0 Å². The van der Waals surface area contributed by atoms with E-state index in [0.29, 0.717) is 12.1 Å². The van der Waals surface area contributed by atoms with Gasteiger partial charge in [0.1, 0.15) is 10.6 Å². The molecule has 1 heterocycles. The molecule has 0 unspecified atom stereocenters. The Hall–Kier alpha value is -2.38. The molecule has 1 fully saturated rings. The second kappa shape index (κ2) is 8.40. The number of nitrogens with one attached hydrogen (secondary N) is 1. The smallest absolute Gasteiger partial charge is 0.258 e. The molecule has 2 aliphatic rings. The molecule has 0 saturated heterocycles. The lowest BCUT2D eigenvalue weighted by Crippen LogP contribution is -2.36. The fourth-order valence-corrected chi connectivity index (χ4v) is 5.94. The minimum absolute atomic E-state index is 0.0175. The second-order valence-corrected chi connectivity index (χ2v) is 9.84. The van der Waals surface area contributed by atoms with Crippen LogP contribution in [0.4, 0.5) is 5.69 Å². The Balaban J connectivity index is 1.67. The van der Waals surface area contributed by atoms with E-state index in [1.165, 1.54) is 18.7 Å². The molecule has 30 heavy (non-hydrogen) atoms. The van der Waals surface area contributed by atoms with Crippen molar-refractivity contribution in [2.45, 2.75) is 56.4 Å². The number of carbonyl (C=O) groups excluding carboxylic acids is 1. The van der Waals surface area contributed by atoms with Crippen LogP contribution in [0.15, 0.2) is 41.3 Å². The average molecular weight is 429 g/mol. The van der Waals surface area contributed by atoms with Crippen molar-refractivity contribution in [3.05, 3.63) is 53.1 Å². The third-order valence-electron chi connectivity index (χ3n) is 5.98. The summed E-state index contributed by atoms with van der Waals surface area (Å²) in [5.74, 6) is 0.0477. The molecule has 4 rings (SSSR count). The molecule has 1 N–H and O–H groups in total. The third kappa shape index (κ3) is 4.09. The number of hydrogen-bond acceptors (Lipinski definition) is 4. The van der Waals surface area contributed by atoms with Crippen LogP contribution in [0.2, 0.25) is 0 Å². The van der Waals surface area contributed by atoms with E-state index in [1.807, 2.05) is 19.1 Å². The maximum atomic E-state index is 13.3. The molecule has 1 aliphatic heterocycles. The van der Waals surface area contributed by atoms with Gasteiger partial charge >= 0.3 is 0 Å². The molecule has 1 saturated carbocycles. The van der Waals surface area contributed by atoms with Gasteiger partial charge < -0.3 is 9.64 Å². The van der Waals surface area contributed by atoms with Crippen molar-refractivity contribution >= 4 is 21.6 Å². The van der Waals surface area contributed by atoms with Crippen LogP contribution in [0.1, 0.15) is 53.6 Å². The fraction of sp³-hybridized carbons (Fsp3) is 0.435. The van der Waals surface area contributed by atoms with Gasteiger partial charge in [-0.25, -0.2) is 13.1 Å². The Bertz CT molecular complexity index is 1060. The molecule has 1 aliphatic carbocycles. The minimum Gasteiger partial charge on any atom is -0.495 e. The van der Waals surface area contributed by atoms with Gasteiger partial charge in [-0.05, 0) is 62.4 Å². The van der Waals surface area contributed by atoms with Gasteiger partial charge in [0, 0.05) is 23.8 Å². The Labute approximate surface area is 178 Å². The van der Waals surface area contributed by atoms with Crippen molar-refractivity contribution in [2.75, 3.05) is 18.6 Å². The van der Waals surface area contributed by atoms with Crippen LogP contribution in [0, 0.1) is 6.92 Å². The van der Waals surface area contributed by atoms with E-state index in [4.69, 9.17) is 4.74 Å². The van der Waals surface area contributed by atoms with E-state index in [0.717, 1.165) is 49.8 Å². The topological polar surface area (TPSA) is 75.7 Å². The van der Waals surface area contributed by atoms with Crippen molar-refractivity contribution in [2.24, 2.45) is 0 Å². The number of hydrogen-bond donors (Lipinski definition) is 1. The molecule has 7 heteroatoms. The molecule has 0 atom stereocenters. The number of benzene rings is 2. The molecule has 2 aromatic rings. The third-order valence-corrected chi connectivity index (χ3v) is 7.52. The van der Waals surface area contributed by atoms with Crippen molar-refractivity contribution < 1.29 is 17.9 Å². The lowest BCUT2D eigenvalue weighted by atomic mass is 9.99. The SMILES string of the molecule is COc1ccc(C(=O)N2CCCc3cc(C)ccc32)cc1S(=O)(=O)NC1CCCC1. The van der Waals surface area contributed by atoms with Crippen LogP contribution in [0.3, 0.4) is 0 Å². The number of methoxy groups -OCH3 is 1. The average Bonchev–Trinajstić information content (AvgIpc) is 3.24. The Morgan fingerprint density at radius 3 is 2.60 bits per heavy atom. The zero-order valence-corrected chi connectivity index (χ0v) is 18.3. The maximum absolute atomic E-state index is 13.3.